The fraction of sp³-hybridized carbons (Fsp3) is 0.476. The van der Waals surface area contributed by atoms with Crippen molar-refractivity contribution in [2.75, 3.05) is 12.5 Å². The minimum Gasteiger partial charge on any atom is -0.282 e. The molecule has 4 atom stereocenters. The molecule has 6 aromatic heterocycles. The van der Waals surface area contributed by atoms with Gasteiger partial charge in [0.2, 0.25) is 20.0 Å². The number of thiazole rings is 2. The van der Waals surface area contributed by atoms with Crippen molar-refractivity contribution < 1.29 is 26.4 Å². The molecule has 0 spiro atoms. The van der Waals surface area contributed by atoms with Crippen molar-refractivity contribution in [3.63, 3.8) is 0 Å². The lowest BCUT2D eigenvalue weighted by molar-refractivity contribution is 0.0935. The summed E-state index contributed by atoms with van der Waals surface area (Å²) >= 11 is 23.0. The van der Waals surface area contributed by atoms with Crippen molar-refractivity contribution in [1.29, 1.82) is 0 Å². The lowest BCUT2D eigenvalue weighted by Crippen LogP contribution is -2.45. The number of carbonyl (C=O) groups excluding carboxylic acids is 2. The zero-order chi connectivity index (χ0) is 46.0. The van der Waals surface area contributed by atoms with Crippen molar-refractivity contribution in [1.82, 2.24) is 38.6 Å². The standard InChI is InChI=1S/C21H23ClN4O3S3.C17H22ClN3O2S2.C4H2ClNOS/c1-32(28,29)26-15-2-3-16(26)9-13(8-15)18-10-14(4-5-17-6-7-20(22)31-17)25(24-18)21(27)19-11-30-12-23-19;1-25(22,23)21-13-3-4-14(21)9-11(8-13)16-10-12(19-20-16)2-5-15-6-7-17(18)24-15;5-4(7)3-1-8-2-6-3/h6-7,10-13,15-16H,2-5,8-9H2,1H3;6-7,10-11,13-14H,2-5,8-9H2,1H3,(H,19,20);1-2H. The Morgan fingerprint density at radius 3 is 1.62 bits per heavy atom. The van der Waals surface area contributed by atoms with Crippen LogP contribution < -0.4 is 0 Å². The molecule has 4 unspecified atom stereocenters. The minimum absolute atomic E-state index is 0.0184. The number of nitrogens with zero attached hydrogens (tertiary/aromatic N) is 7. The summed E-state index contributed by atoms with van der Waals surface area (Å²) < 4.78 is 55.0. The van der Waals surface area contributed by atoms with E-state index in [0.29, 0.717) is 23.7 Å². The van der Waals surface area contributed by atoms with E-state index in [1.165, 1.54) is 44.7 Å². The number of thiophene rings is 2. The molecule has 4 aliphatic rings. The Balaban J connectivity index is 0.000000155. The Morgan fingerprint density at radius 2 is 1.18 bits per heavy atom. The van der Waals surface area contributed by atoms with Crippen molar-refractivity contribution in [3.8, 4) is 0 Å². The van der Waals surface area contributed by atoms with Crippen molar-refractivity contribution in [2.45, 2.75) is 113 Å². The van der Waals surface area contributed by atoms with Crippen LogP contribution in [0.4, 0.5) is 0 Å². The van der Waals surface area contributed by atoms with Gasteiger partial charge in [0.15, 0.2) is 0 Å². The van der Waals surface area contributed by atoms with Crippen LogP contribution in [0.25, 0.3) is 0 Å². The molecule has 10 rings (SSSR count). The van der Waals surface area contributed by atoms with E-state index in [2.05, 4.69) is 32.3 Å². The molecule has 4 aliphatic heterocycles. The summed E-state index contributed by atoms with van der Waals surface area (Å²) in [6, 6.07) is 12.4. The second kappa shape index (κ2) is 20.8. The van der Waals surface area contributed by atoms with Gasteiger partial charge in [0, 0.05) is 67.9 Å². The van der Waals surface area contributed by atoms with E-state index >= 15 is 0 Å². The van der Waals surface area contributed by atoms with Gasteiger partial charge in [-0.25, -0.2) is 26.8 Å². The summed E-state index contributed by atoms with van der Waals surface area (Å²) in [4.78, 5) is 33.6. The SMILES string of the molecule is CS(=O)(=O)N1C2CCC1CC(c1cc(CCc3ccc(Cl)s3)[nH]n1)C2.CS(=O)(=O)N1C2CCC1CC(c1cc(CCc3ccc(Cl)s3)n(C(=O)c3cscn3)n1)C2.O=C(Cl)c1cscn1. The largest absolute Gasteiger partial charge is 0.297 e. The molecule has 65 heavy (non-hydrogen) atoms. The molecule has 0 aromatic carbocycles. The predicted molar refractivity (Wildman–Crippen MR) is 259 cm³/mol. The number of aromatic amines is 1. The molecule has 6 aromatic rings. The lowest BCUT2D eigenvalue weighted by atomic mass is 9.89. The number of sulfonamides is 2. The number of rotatable bonds is 12. The molecular weight excluding hydrogens is 1010 g/mol. The molecule has 0 saturated carbocycles. The quantitative estimate of drug-likeness (QED) is 0.116. The summed E-state index contributed by atoms with van der Waals surface area (Å²) in [5.41, 5.74) is 7.87. The monoisotopic (exact) mass is 1060 g/mol. The molecule has 0 amide bonds. The maximum absolute atomic E-state index is 13.1. The third kappa shape index (κ3) is 11.9. The number of piperidine rings is 2. The molecule has 0 radical (unpaired) electrons. The van der Waals surface area contributed by atoms with Gasteiger partial charge in [-0.15, -0.1) is 45.3 Å². The van der Waals surface area contributed by atoms with Gasteiger partial charge in [-0.05, 0) is 125 Å². The fourth-order valence-corrected chi connectivity index (χ4v) is 16.1. The molecular formula is C42H47Cl3N8O6S6. The van der Waals surface area contributed by atoms with Crippen LogP contribution in [0, 0.1) is 0 Å². The average Bonchev–Trinajstić information content (AvgIpc) is 4.10. The van der Waals surface area contributed by atoms with E-state index in [0.717, 1.165) is 107 Å². The highest BCUT2D eigenvalue weighted by Gasteiger charge is 2.47. The van der Waals surface area contributed by atoms with E-state index in [1.807, 2.05) is 24.3 Å². The van der Waals surface area contributed by atoms with Crippen LogP contribution in [0.1, 0.15) is 117 Å². The Hall–Kier alpha value is -2.89. The normalized spacial score (nSPS) is 23.2. The fourth-order valence-electron chi connectivity index (χ4n) is 9.76. The average molecular weight is 1060 g/mol. The zero-order valence-corrected chi connectivity index (χ0v) is 42.6. The van der Waals surface area contributed by atoms with Crippen LogP contribution in [-0.4, -0.2) is 103 Å². The highest BCUT2D eigenvalue weighted by Crippen LogP contribution is 2.45. The number of fused-ring (bicyclic) bond motifs is 4. The number of halogens is 3. The molecule has 1 N–H and O–H groups in total. The number of H-pyrrole nitrogens is 1. The Bertz CT molecular complexity index is 2780. The first-order valence-electron chi connectivity index (χ1n) is 21.1. The predicted octanol–water partition coefficient (Wildman–Crippen LogP) is 9.30. The van der Waals surface area contributed by atoms with Gasteiger partial charge in [-0.3, -0.25) is 14.7 Å². The summed E-state index contributed by atoms with van der Waals surface area (Å²) in [5, 5.41) is 15.3. The summed E-state index contributed by atoms with van der Waals surface area (Å²) in [5.74, 6) is 0.273. The van der Waals surface area contributed by atoms with Crippen molar-refractivity contribution >= 4 is 111 Å². The van der Waals surface area contributed by atoms with E-state index in [-0.39, 0.29) is 36.0 Å². The zero-order valence-electron chi connectivity index (χ0n) is 35.4. The second-order valence-corrected chi connectivity index (χ2v) is 26.0. The Kier molecular flexibility index (Phi) is 15.5. The molecule has 4 fully saturated rings. The molecule has 10 heterocycles. The highest BCUT2D eigenvalue weighted by molar-refractivity contribution is 7.88. The topological polar surface area (TPSA) is 181 Å². The lowest BCUT2D eigenvalue weighted by Gasteiger charge is -2.36. The number of nitrogens with one attached hydrogen (secondary N) is 1. The first-order valence-corrected chi connectivity index (χ1v) is 29.4. The van der Waals surface area contributed by atoms with Gasteiger partial charge in [0.1, 0.15) is 11.4 Å². The van der Waals surface area contributed by atoms with Gasteiger partial charge in [0.25, 0.3) is 11.1 Å². The molecule has 4 bridgehead atoms. The molecule has 14 nitrogen and oxygen atoms in total. The molecule has 23 heteroatoms. The van der Waals surface area contributed by atoms with Crippen LogP contribution >= 0.6 is 80.1 Å². The number of carbonyl (C=O) groups is 2. The van der Waals surface area contributed by atoms with Crippen LogP contribution in [-0.2, 0) is 45.7 Å². The van der Waals surface area contributed by atoms with E-state index in [4.69, 9.17) is 39.9 Å². The van der Waals surface area contributed by atoms with E-state index in [9.17, 15) is 26.4 Å². The summed E-state index contributed by atoms with van der Waals surface area (Å²) in [6.45, 7) is 0. The summed E-state index contributed by atoms with van der Waals surface area (Å²) in [6.07, 6.45) is 12.9. The number of aryl methyl sites for hydroxylation is 4. The number of hydrogen-bond donors (Lipinski definition) is 1. The third-order valence-corrected chi connectivity index (χ3v) is 19.1. The first-order chi connectivity index (χ1) is 31.0. The maximum Gasteiger partial charge on any atom is 0.297 e. The van der Waals surface area contributed by atoms with Gasteiger partial charge >= 0.3 is 0 Å². The number of aromatic nitrogens is 6. The van der Waals surface area contributed by atoms with Crippen LogP contribution in [0.5, 0.6) is 0 Å². The second-order valence-electron chi connectivity index (χ2n) is 16.8. The van der Waals surface area contributed by atoms with E-state index < -0.39 is 25.3 Å². The van der Waals surface area contributed by atoms with Gasteiger partial charge in [-0.1, -0.05) is 23.2 Å². The van der Waals surface area contributed by atoms with E-state index in [1.54, 1.807) is 53.1 Å². The number of hydrogen-bond acceptors (Lipinski definition) is 14. The molecule has 4 saturated heterocycles. The van der Waals surface area contributed by atoms with Gasteiger partial charge < -0.3 is 0 Å². The van der Waals surface area contributed by atoms with Gasteiger partial charge in [-0.2, -0.15) is 23.5 Å². The van der Waals surface area contributed by atoms with Gasteiger partial charge in [0.05, 0.1) is 43.6 Å². The van der Waals surface area contributed by atoms with Crippen LogP contribution in [0.2, 0.25) is 8.67 Å². The molecule has 0 aliphatic carbocycles. The smallest absolute Gasteiger partial charge is 0.282 e. The third-order valence-electron chi connectivity index (χ3n) is 12.4. The first kappa shape index (κ1) is 48.6. The van der Waals surface area contributed by atoms with Crippen molar-refractivity contribution in [2.24, 2.45) is 0 Å². The Labute approximate surface area is 409 Å². The maximum atomic E-state index is 13.1. The minimum atomic E-state index is -3.21. The summed E-state index contributed by atoms with van der Waals surface area (Å²) in [7, 11) is -6.32. The van der Waals surface area contributed by atoms with Crippen LogP contribution in [0.3, 0.4) is 0 Å². The highest BCUT2D eigenvalue weighted by atomic mass is 35.5. The van der Waals surface area contributed by atoms with Crippen molar-refractivity contribution in [3.05, 3.63) is 111 Å². The Morgan fingerprint density at radius 1 is 0.692 bits per heavy atom. The molecule has 348 valence electrons. The van der Waals surface area contributed by atoms with Crippen LogP contribution in [0.15, 0.2) is 58.2 Å².